The summed E-state index contributed by atoms with van der Waals surface area (Å²) < 4.78 is 0. The molecule has 0 bridgehead atoms. The Kier molecular flexibility index (Phi) is 4.14. The fourth-order valence-corrected chi connectivity index (χ4v) is 4.98. The van der Waals surface area contributed by atoms with Crippen molar-refractivity contribution in [2.24, 2.45) is 5.73 Å². The molecule has 2 aromatic rings. The minimum atomic E-state index is -0.696. The SMILES string of the molecule is NC1(C(=O)Nc2nc3c(s2)CC(c2ccccc2)CC3)CCCC1. The number of nitrogens with zero attached hydrogens (tertiary/aromatic N) is 1. The first-order chi connectivity index (χ1) is 11.6. The third-order valence-electron chi connectivity index (χ3n) is 5.38. The number of amides is 1. The van der Waals surface area contributed by atoms with E-state index >= 15 is 0 Å². The number of hydrogen-bond acceptors (Lipinski definition) is 4. The van der Waals surface area contributed by atoms with E-state index in [0.29, 0.717) is 5.92 Å². The van der Waals surface area contributed by atoms with Crippen LogP contribution in [0.25, 0.3) is 0 Å². The fourth-order valence-electron chi connectivity index (χ4n) is 3.89. The van der Waals surface area contributed by atoms with Gasteiger partial charge >= 0.3 is 0 Å². The molecule has 0 radical (unpaired) electrons. The van der Waals surface area contributed by atoms with E-state index in [0.717, 1.165) is 55.8 Å². The van der Waals surface area contributed by atoms with Gasteiger partial charge in [0, 0.05) is 4.88 Å². The molecule has 0 saturated heterocycles. The van der Waals surface area contributed by atoms with Gasteiger partial charge in [0.2, 0.25) is 5.91 Å². The average molecular weight is 341 g/mol. The number of anilines is 1. The number of benzene rings is 1. The van der Waals surface area contributed by atoms with Crippen LogP contribution in [0.5, 0.6) is 0 Å². The summed E-state index contributed by atoms with van der Waals surface area (Å²) >= 11 is 1.62. The lowest BCUT2D eigenvalue weighted by molar-refractivity contribution is -0.121. The molecule has 3 N–H and O–H groups in total. The van der Waals surface area contributed by atoms with Gasteiger partial charge < -0.3 is 11.1 Å². The maximum absolute atomic E-state index is 12.5. The first-order valence-corrected chi connectivity index (χ1v) is 9.59. The highest BCUT2D eigenvalue weighted by Crippen LogP contribution is 2.37. The Morgan fingerprint density at radius 1 is 1.25 bits per heavy atom. The van der Waals surface area contributed by atoms with Gasteiger partial charge in [0.25, 0.3) is 0 Å². The van der Waals surface area contributed by atoms with E-state index in [9.17, 15) is 4.79 Å². The second kappa shape index (κ2) is 6.30. The molecule has 24 heavy (non-hydrogen) atoms. The summed E-state index contributed by atoms with van der Waals surface area (Å²) in [5.41, 5.74) is 8.09. The van der Waals surface area contributed by atoms with Gasteiger partial charge in [0.15, 0.2) is 5.13 Å². The number of aryl methyl sites for hydroxylation is 1. The molecular weight excluding hydrogens is 318 g/mol. The van der Waals surface area contributed by atoms with Crippen LogP contribution >= 0.6 is 11.3 Å². The summed E-state index contributed by atoms with van der Waals surface area (Å²) in [4.78, 5) is 18.4. The molecule has 2 aliphatic carbocycles. The summed E-state index contributed by atoms with van der Waals surface area (Å²) in [5.74, 6) is 0.490. The summed E-state index contributed by atoms with van der Waals surface area (Å²) in [6.07, 6.45) is 6.75. The molecule has 1 saturated carbocycles. The fraction of sp³-hybridized carbons (Fsp3) is 0.474. The standard InChI is InChI=1S/C19H23N3OS/c20-19(10-4-5-11-19)17(23)22-18-21-15-9-8-14(12-16(15)24-18)13-6-2-1-3-7-13/h1-3,6-7,14H,4-5,8-12,20H2,(H,21,22,23). The van der Waals surface area contributed by atoms with Crippen molar-refractivity contribution in [1.29, 1.82) is 0 Å². The predicted octanol–water partition coefficient (Wildman–Crippen LogP) is 3.63. The van der Waals surface area contributed by atoms with Crippen molar-refractivity contribution in [3.8, 4) is 0 Å². The Bertz CT molecular complexity index is 734. The molecule has 1 aromatic carbocycles. The summed E-state index contributed by atoms with van der Waals surface area (Å²) in [5, 5.41) is 3.70. The third-order valence-corrected chi connectivity index (χ3v) is 6.41. The highest BCUT2D eigenvalue weighted by molar-refractivity contribution is 7.15. The van der Waals surface area contributed by atoms with Gasteiger partial charge in [-0.2, -0.15) is 0 Å². The summed E-state index contributed by atoms with van der Waals surface area (Å²) in [6, 6.07) is 10.7. The predicted molar refractivity (Wildman–Crippen MR) is 97.3 cm³/mol. The Morgan fingerprint density at radius 2 is 2.00 bits per heavy atom. The van der Waals surface area contributed by atoms with Crippen molar-refractivity contribution in [3.05, 3.63) is 46.5 Å². The smallest absolute Gasteiger partial charge is 0.246 e. The zero-order valence-electron chi connectivity index (χ0n) is 13.8. The number of thiazole rings is 1. The molecule has 4 nitrogen and oxygen atoms in total. The quantitative estimate of drug-likeness (QED) is 0.896. The molecule has 0 spiro atoms. The monoisotopic (exact) mass is 341 g/mol. The molecule has 2 aliphatic rings. The minimum absolute atomic E-state index is 0.0642. The van der Waals surface area contributed by atoms with Crippen molar-refractivity contribution < 1.29 is 4.79 Å². The van der Waals surface area contributed by atoms with Crippen molar-refractivity contribution >= 4 is 22.4 Å². The lowest BCUT2D eigenvalue weighted by Crippen LogP contribution is -2.48. The van der Waals surface area contributed by atoms with Crippen LogP contribution in [0.4, 0.5) is 5.13 Å². The zero-order chi connectivity index (χ0) is 16.6. The normalized spacial score (nSPS) is 22.1. The second-order valence-electron chi connectivity index (χ2n) is 7.06. The number of carbonyl (C=O) groups is 1. The van der Waals surface area contributed by atoms with Crippen molar-refractivity contribution in [2.75, 3.05) is 5.32 Å². The average Bonchev–Trinajstić information content (AvgIpc) is 3.21. The lowest BCUT2D eigenvalue weighted by atomic mass is 9.85. The van der Waals surface area contributed by atoms with Gasteiger partial charge in [0.05, 0.1) is 11.2 Å². The van der Waals surface area contributed by atoms with Crippen molar-refractivity contribution in [1.82, 2.24) is 4.98 Å². The molecule has 1 heterocycles. The van der Waals surface area contributed by atoms with Gasteiger partial charge in [-0.15, -0.1) is 11.3 Å². The van der Waals surface area contributed by atoms with Gasteiger partial charge in [-0.25, -0.2) is 4.98 Å². The molecule has 1 amide bonds. The third kappa shape index (κ3) is 2.98. The number of rotatable bonds is 3. The Morgan fingerprint density at radius 3 is 2.75 bits per heavy atom. The van der Waals surface area contributed by atoms with E-state index in [-0.39, 0.29) is 5.91 Å². The number of fused-ring (bicyclic) bond motifs is 1. The van der Waals surface area contributed by atoms with Crippen LogP contribution in [0.1, 0.15) is 54.2 Å². The molecule has 5 heteroatoms. The summed E-state index contributed by atoms with van der Waals surface area (Å²) in [6.45, 7) is 0. The first kappa shape index (κ1) is 15.8. The zero-order valence-corrected chi connectivity index (χ0v) is 14.6. The van der Waals surface area contributed by atoms with E-state index in [1.54, 1.807) is 11.3 Å². The van der Waals surface area contributed by atoms with Gasteiger partial charge in [-0.05, 0) is 43.6 Å². The van der Waals surface area contributed by atoms with Crippen LogP contribution in [-0.2, 0) is 17.6 Å². The van der Waals surface area contributed by atoms with Gasteiger partial charge in [0.1, 0.15) is 0 Å². The van der Waals surface area contributed by atoms with E-state index in [1.807, 2.05) is 0 Å². The van der Waals surface area contributed by atoms with Crippen molar-refractivity contribution in [2.45, 2.75) is 56.4 Å². The number of aromatic nitrogens is 1. The van der Waals surface area contributed by atoms with Gasteiger partial charge in [-0.3, -0.25) is 4.79 Å². The largest absolute Gasteiger partial charge is 0.317 e. The highest BCUT2D eigenvalue weighted by Gasteiger charge is 2.37. The van der Waals surface area contributed by atoms with Crippen LogP contribution in [0.15, 0.2) is 30.3 Å². The Balaban J connectivity index is 1.48. The van der Waals surface area contributed by atoms with E-state index in [1.165, 1.54) is 10.4 Å². The Hall–Kier alpha value is -1.72. The van der Waals surface area contributed by atoms with Crippen LogP contribution in [0, 0.1) is 0 Å². The van der Waals surface area contributed by atoms with Gasteiger partial charge in [-0.1, -0.05) is 43.2 Å². The molecular formula is C19H23N3OS. The number of nitrogens with two attached hydrogens (primary N) is 1. The summed E-state index contributed by atoms with van der Waals surface area (Å²) in [7, 11) is 0. The number of hydrogen-bond donors (Lipinski definition) is 2. The van der Waals surface area contributed by atoms with Crippen LogP contribution < -0.4 is 11.1 Å². The molecule has 1 fully saturated rings. The highest BCUT2D eigenvalue weighted by atomic mass is 32.1. The molecule has 0 aliphatic heterocycles. The maximum atomic E-state index is 12.5. The Labute approximate surface area is 146 Å². The molecule has 1 unspecified atom stereocenters. The van der Waals surface area contributed by atoms with E-state index < -0.39 is 5.54 Å². The maximum Gasteiger partial charge on any atom is 0.246 e. The second-order valence-corrected chi connectivity index (χ2v) is 8.14. The lowest BCUT2D eigenvalue weighted by Gasteiger charge is -2.21. The van der Waals surface area contributed by atoms with Crippen LogP contribution in [0.3, 0.4) is 0 Å². The number of nitrogens with one attached hydrogen (secondary N) is 1. The first-order valence-electron chi connectivity index (χ1n) is 8.78. The van der Waals surface area contributed by atoms with E-state index in [4.69, 9.17) is 5.73 Å². The molecule has 126 valence electrons. The molecule has 1 atom stereocenters. The van der Waals surface area contributed by atoms with Crippen LogP contribution in [0.2, 0.25) is 0 Å². The number of carbonyl (C=O) groups excluding carboxylic acids is 1. The van der Waals surface area contributed by atoms with Crippen LogP contribution in [-0.4, -0.2) is 16.4 Å². The minimum Gasteiger partial charge on any atom is -0.317 e. The van der Waals surface area contributed by atoms with E-state index in [2.05, 4.69) is 40.6 Å². The molecule has 4 rings (SSSR count). The topological polar surface area (TPSA) is 68.0 Å². The van der Waals surface area contributed by atoms with Crippen molar-refractivity contribution in [3.63, 3.8) is 0 Å². The molecule has 1 aromatic heterocycles.